The first-order chi connectivity index (χ1) is 8.15. The highest BCUT2D eigenvalue weighted by Gasteiger charge is 2.37. The predicted molar refractivity (Wildman–Crippen MR) is 61.7 cm³/mol. The van der Waals surface area contributed by atoms with E-state index in [2.05, 4.69) is 0 Å². The molecule has 0 saturated heterocycles. The van der Waals surface area contributed by atoms with Gasteiger partial charge in [0, 0.05) is 12.0 Å². The number of hydrogen-bond acceptors (Lipinski definition) is 4. The lowest BCUT2D eigenvalue weighted by molar-refractivity contribution is -0.150. The van der Waals surface area contributed by atoms with Crippen molar-refractivity contribution in [1.29, 1.82) is 0 Å². The van der Waals surface area contributed by atoms with Crippen LogP contribution in [-0.2, 0) is 15.1 Å². The average molecular weight is 236 g/mol. The third kappa shape index (κ3) is 2.42. The second kappa shape index (κ2) is 4.75. The van der Waals surface area contributed by atoms with Gasteiger partial charge in [-0.1, -0.05) is 18.2 Å². The maximum atomic E-state index is 11.5. The molecule has 1 aromatic carbocycles. The topological polar surface area (TPSA) is 55.8 Å². The zero-order valence-corrected chi connectivity index (χ0v) is 9.81. The maximum absolute atomic E-state index is 11.5. The van der Waals surface area contributed by atoms with Gasteiger partial charge in [0.1, 0.15) is 11.4 Å². The number of rotatable bonds is 3. The summed E-state index contributed by atoms with van der Waals surface area (Å²) in [7, 11) is 0. The number of ether oxygens (including phenoxy) is 2. The molecule has 0 saturated carbocycles. The molecule has 1 heterocycles. The SMILES string of the molecule is CCOC(=O)C[C@]1(O)CCOc2ccccc21. The van der Waals surface area contributed by atoms with Crippen LogP contribution in [0.25, 0.3) is 0 Å². The highest BCUT2D eigenvalue weighted by Crippen LogP contribution is 2.39. The van der Waals surface area contributed by atoms with E-state index >= 15 is 0 Å². The van der Waals surface area contributed by atoms with Crippen LogP contribution in [0, 0.1) is 0 Å². The number of aliphatic hydroxyl groups is 1. The van der Waals surface area contributed by atoms with E-state index in [-0.39, 0.29) is 12.4 Å². The molecule has 0 spiro atoms. The summed E-state index contributed by atoms with van der Waals surface area (Å²) in [4.78, 5) is 11.5. The lowest BCUT2D eigenvalue weighted by Crippen LogP contribution is -2.35. The molecule has 0 aromatic heterocycles. The van der Waals surface area contributed by atoms with Gasteiger partial charge in [0.2, 0.25) is 0 Å². The van der Waals surface area contributed by atoms with Crippen LogP contribution in [0.3, 0.4) is 0 Å². The second-order valence-corrected chi connectivity index (χ2v) is 4.11. The van der Waals surface area contributed by atoms with Gasteiger partial charge in [0.15, 0.2) is 0 Å². The monoisotopic (exact) mass is 236 g/mol. The van der Waals surface area contributed by atoms with Crippen molar-refractivity contribution in [2.45, 2.75) is 25.4 Å². The summed E-state index contributed by atoms with van der Waals surface area (Å²) in [5, 5.41) is 10.5. The molecule has 4 nitrogen and oxygen atoms in total. The Kier molecular flexibility index (Phi) is 3.33. The number of carbonyl (C=O) groups is 1. The van der Waals surface area contributed by atoms with E-state index < -0.39 is 5.60 Å². The Morgan fingerprint density at radius 3 is 3.06 bits per heavy atom. The van der Waals surface area contributed by atoms with Gasteiger partial charge in [-0.05, 0) is 13.0 Å². The lowest BCUT2D eigenvalue weighted by atomic mass is 9.85. The Balaban J connectivity index is 2.23. The van der Waals surface area contributed by atoms with E-state index in [0.29, 0.717) is 30.9 Å². The number of benzene rings is 1. The Morgan fingerprint density at radius 1 is 1.53 bits per heavy atom. The highest BCUT2D eigenvalue weighted by molar-refractivity contribution is 5.71. The summed E-state index contributed by atoms with van der Waals surface area (Å²) in [5.41, 5.74) is -0.500. The summed E-state index contributed by atoms with van der Waals surface area (Å²) in [6, 6.07) is 7.25. The first kappa shape index (κ1) is 11.9. The fourth-order valence-electron chi connectivity index (χ4n) is 2.08. The van der Waals surface area contributed by atoms with Gasteiger partial charge in [0.25, 0.3) is 0 Å². The molecule has 0 amide bonds. The van der Waals surface area contributed by atoms with Crippen LogP contribution in [-0.4, -0.2) is 24.3 Å². The summed E-state index contributed by atoms with van der Waals surface area (Å²) in [6.45, 7) is 2.49. The normalized spacial score (nSPS) is 22.5. The minimum Gasteiger partial charge on any atom is -0.493 e. The highest BCUT2D eigenvalue weighted by atomic mass is 16.5. The van der Waals surface area contributed by atoms with E-state index in [1.54, 1.807) is 19.1 Å². The zero-order chi connectivity index (χ0) is 12.3. The average Bonchev–Trinajstić information content (AvgIpc) is 2.29. The Labute approximate surface area is 100 Å². The van der Waals surface area contributed by atoms with Crippen LogP contribution in [0.15, 0.2) is 24.3 Å². The Hall–Kier alpha value is -1.55. The molecule has 0 fully saturated rings. The van der Waals surface area contributed by atoms with Crippen LogP contribution in [0.2, 0.25) is 0 Å². The van der Waals surface area contributed by atoms with E-state index in [1.165, 1.54) is 0 Å². The Morgan fingerprint density at radius 2 is 2.29 bits per heavy atom. The van der Waals surface area contributed by atoms with Gasteiger partial charge in [-0.2, -0.15) is 0 Å². The van der Waals surface area contributed by atoms with Crippen molar-refractivity contribution in [2.75, 3.05) is 13.2 Å². The van der Waals surface area contributed by atoms with E-state index in [1.807, 2.05) is 12.1 Å². The Bertz CT molecular complexity index is 416. The molecule has 4 heteroatoms. The van der Waals surface area contributed by atoms with E-state index in [0.717, 1.165) is 0 Å². The van der Waals surface area contributed by atoms with Crippen molar-refractivity contribution >= 4 is 5.97 Å². The fraction of sp³-hybridized carbons (Fsp3) is 0.462. The molecule has 92 valence electrons. The number of hydrogen-bond donors (Lipinski definition) is 1. The van der Waals surface area contributed by atoms with Gasteiger partial charge in [-0.25, -0.2) is 0 Å². The molecule has 17 heavy (non-hydrogen) atoms. The lowest BCUT2D eigenvalue weighted by Gasteiger charge is -2.33. The van der Waals surface area contributed by atoms with Crippen molar-refractivity contribution < 1.29 is 19.4 Å². The molecular weight excluding hydrogens is 220 g/mol. The molecule has 2 rings (SSSR count). The second-order valence-electron chi connectivity index (χ2n) is 4.11. The summed E-state index contributed by atoms with van der Waals surface area (Å²) in [6.07, 6.45) is 0.379. The molecular formula is C13H16O4. The van der Waals surface area contributed by atoms with Gasteiger partial charge in [-0.3, -0.25) is 4.79 Å². The van der Waals surface area contributed by atoms with Crippen molar-refractivity contribution in [3.63, 3.8) is 0 Å². The first-order valence-electron chi connectivity index (χ1n) is 5.76. The van der Waals surface area contributed by atoms with E-state index in [9.17, 15) is 9.90 Å². The molecule has 1 atom stereocenters. The summed E-state index contributed by atoms with van der Waals surface area (Å²) in [5.74, 6) is 0.261. The standard InChI is InChI=1S/C13H16O4/c1-2-16-12(14)9-13(15)7-8-17-11-6-4-3-5-10(11)13/h3-6,15H,2,7-9H2,1H3/t13-/m1/s1. The smallest absolute Gasteiger partial charge is 0.309 e. The molecule has 0 unspecified atom stereocenters. The van der Waals surface area contributed by atoms with Gasteiger partial charge < -0.3 is 14.6 Å². The molecule has 1 aliphatic rings. The molecule has 0 bridgehead atoms. The third-order valence-corrected chi connectivity index (χ3v) is 2.90. The van der Waals surface area contributed by atoms with Crippen molar-refractivity contribution in [2.24, 2.45) is 0 Å². The van der Waals surface area contributed by atoms with Crippen LogP contribution >= 0.6 is 0 Å². The molecule has 0 radical (unpaired) electrons. The number of para-hydroxylation sites is 1. The van der Waals surface area contributed by atoms with Crippen molar-refractivity contribution in [1.82, 2.24) is 0 Å². The maximum Gasteiger partial charge on any atom is 0.309 e. The summed E-state index contributed by atoms with van der Waals surface area (Å²) >= 11 is 0. The molecule has 0 aliphatic carbocycles. The minimum atomic E-state index is -1.17. The largest absolute Gasteiger partial charge is 0.493 e. The van der Waals surface area contributed by atoms with Crippen LogP contribution < -0.4 is 4.74 Å². The number of carbonyl (C=O) groups excluding carboxylic acids is 1. The van der Waals surface area contributed by atoms with Crippen molar-refractivity contribution in [3.05, 3.63) is 29.8 Å². The fourth-order valence-corrected chi connectivity index (χ4v) is 2.08. The van der Waals surface area contributed by atoms with Gasteiger partial charge in [-0.15, -0.1) is 0 Å². The molecule has 1 N–H and O–H groups in total. The molecule has 1 aromatic rings. The minimum absolute atomic E-state index is 0.0266. The van der Waals surface area contributed by atoms with Crippen molar-refractivity contribution in [3.8, 4) is 5.75 Å². The van der Waals surface area contributed by atoms with Crippen LogP contribution in [0.1, 0.15) is 25.3 Å². The van der Waals surface area contributed by atoms with Gasteiger partial charge in [0.05, 0.1) is 19.6 Å². The van der Waals surface area contributed by atoms with Gasteiger partial charge >= 0.3 is 5.97 Å². The summed E-state index contributed by atoms with van der Waals surface area (Å²) < 4.78 is 10.3. The number of fused-ring (bicyclic) bond motifs is 1. The molecule has 1 aliphatic heterocycles. The predicted octanol–water partition coefficient (Wildman–Crippen LogP) is 1.61. The number of esters is 1. The van der Waals surface area contributed by atoms with E-state index in [4.69, 9.17) is 9.47 Å². The van der Waals surface area contributed by atoms with Crippen LogP contribution in [0.5, 0.6) is 5.75 Å². The van der Waals surface area contributed by atoms with Crippen LogP contribution in [0.4, 0.5) is 0 Å². The zero-order valence-electron chi connectivity index (χ0n) is 9.81. The third-order valence-electron chi connectivity index (χ3n) is 2.90. The first-order valence-corrected chi connectivity index (χ1v) is 5.76. The quantitative estimate of drug-likeness (QED) is 0.810.